The highest BCUT2D eigenvalue weighted by Crippen LogP contribution is 2.26. The molecule has 0 spiro atoms. The fourth-order valence-electron chi connectivity index (χ4n) is 1.98. The van der Waals surface area contributed by atoms with E-state index >= 15 is 0 Å². The van der Waals surface area contributed by atoms with E-state index in [2.05, 4.69) is 59.8 Å². The molecule has 0 bridgehead atoms. The lowest BCUT2D eigenvalue weighted by Gasteiger charge is -2.30. The Balaban J connectivity index is 3.11. The minimum absolute atomic E-state index is 0.510. The monoisotopic (exact) mass is 284 g/mol. The first-order valence-electron chi connectivity index (χ1n) is 5.85. The van der Waals surface area contributed by atoms with Gasteiger partial charge >= 0.3 is 0 Å². The van der Waals surface area contributed by atoms with Crippen LogP contribution in [-0.2, 0) is 6.42 Å². The summed E-state index contributed by atoms with van der Waals surface area (Å²) >= 11 is 3.54. The highest BCUT2D eigenvalue weighted by atomic mass is 79.9. The highest BCUT2D eigenvalue weighted by Gasteiger charge is 2.12. The molecule has 0 saturated carbocycles. The molecule has 1 aromatic rings. The Morgan fingerprint density at radius 1 is 1.38 bits per heavy atom. The predicted octanol–water partition coefficient (Wildman–Crippen LogP) is 3.19. The topological polar surface area (TPSA) is 29.3 Å². The zero-order chi connectivity index (χ0) is 12.1. The Morgan fingerprint density at radius 2 is 2.06 bits per heavy atom. The van der Waals surface area contributed by atoms with Gasteiger partial charge in [0.15, 0.2) is 0 Å². The number of nitrogens with two attached hydrogens (primary N) is 1. The van der Waals surface area contributed by atoms with Crippen LogP contribution in [0.15, 0.2) is 22.7 Å². The molecule has 0 heterocycles. The van der Waals surface area contributed by atoms with E-state index in [0.717, 1.165) is 17.4 Å². The molecule has 0 unspecified atom stereocenters. The Morgan fingerprint density at radius 3 is 2.56 bits per heavy atom. The normalized spacial score (nSPS) is 10.9. The van der Waals surface area contributed by atoms with Crippen molar-refractivity contribution in [1.82, 2.24) is 0 Å². The molecule has 0 aliphatic rings. The average Bonchev–Trinajstić information content (AvgIpc) is 2.22. The third kappa shape index (κ3) is 3.22. The molecule has 0 aliphatic heterocycles. The van der Waals surface area contributed by atoms with Gasteiger partial charge in [0.2, 0.25) is 0 Å². The van der Waals surface area contributed by atoms with Crippen LogP contribution in [0.25, 0.3) is 0 Å². The zero-order valence-electron chi connectivity index (χ0n) is 10.3. The maximum atomic E-state index is 5.65. The first-order valence-corrected chi connectivity index (χ1v) is 6.64. The standard InChI is InChI=1S/C13H21BrN2/c1-4-16(10(2)3)13-9-12(14)6-5-11(13)7-8-15/h5-6,9-10H,4,7-8,15H2,1-3H3. The van der Waals surface area contributed by atoms with Crippen molar-refractivity contribution in [1.29, 1.82) is 0 Å². The van der Waals surface area contributed by atoms with Gasteiger partial charge in [-0.25, -0.2) is 0 Å². The number of rotatable bonds is 5. The van der Waals surface area contributed by atoms with E-state index in [9.17, 15) is 0 Å². The zero-order valence-corrected chi connectivity index (χ0v) is 11.9. The Bertz CT molecular complexity index is 337. The number of nitrogens with zero attached hydrogens (tertiary/aromatic N) is 1. The minimum Gasteiger partial charge on any atom is -0.369 e. The van der Waals surface area contributed by atoms with Crippen molar-refractivity contribution in [3.05, 3.63) is 28.2 Å². The van der Waals surface area contributed by atoms with E-state index in [-0.39, 0.29) is 0 Å². The summed E-state index contributed by atoms with van der Waals surface area (Å²) in [5.74, 6) is 0. The van der Waals surface area contributed by atoms with E-state index in [1.165, 1.54) is 11.3 Å². The Kier molecular flexibility index (Phi) is 5.29. The second-order valence-corrected chi connectivity index (χ2v) is 5.11. The number of anilines is 1. The SMILES string of the molecule is CCN(c1cc(Br)ccc1CCN)C(C)C. The molecule has 0 saturated heterocycles. The molecule has 90 valence electrons. The van der Waals surface area contributed by atoms with Crippen molar-refractivity contribution < 1.29 is 0 Å². The van der Waals surface area contributed by atoms with Gasteiger partial charge < -0.3 is 10.6 Å². The fourth-order valence-corrected chi connectivity index (χ4v) is 2.33. The fraction of sp³-hybridized carbons (Fsp3) is 0.538. The third-order valence-corrected chi connectivity index (χ3v) is 3.23. The quantitative estimate of drug-likeness (QED) is 0.900. The van der Waals surface area contributed by atoms with Crippen LogP contribution in [0.1, 0.15) is 26.3 Å². The van der Waals surface area contributed by atoms with Gasteiger partial charge in [-0.05, 0) is 51.4 Å². The molecule has 0 atom stereocenters. The first kappa shape index (κ1) is 13.5. The van der Waals surface area contributed by atoms with Gasteiger partial charge in [-0.3, -0.25) is 0 Å². The molecular formula is C13H21BrN2. The van der Waals surface area contributed by atoms with Crippen LogP contribution in [0, 0.1) is 0 Å². The molecule has 2 nitrogen and oxygen atoms in total. The van der Waals surface area contributed by atoms with Gasteiger partial charge in [0, 0.05) is 22.7 Å². The summed E-state index contributed by atoms with van der Waals surface area (Å²) < 4.78 is 1.13. The van der Waals surface area contributed by atoms with Crippen molar-refractivity contribution in [2.75, 3.05) is 18.0 Å². The third-order valence-electron chi connectivity index (χ3n) is 2.73. The summed E-state index contributed by atoms with van der Waals surface area (Å²) in [5.41, 5.74) is 8.29. The molecule has 16 heavy (non-hydrogen) atoms. The lowest BCUT2D eigenvalue weighted by Crippen LogP contribution is -2.31. The molecule has 0 amide bonds. The Labute approximate surface area is 107 Å². The van der Waals surface area contributed by atoms with Crippen molar-refractivity contribution in [2.45, 2.75) is 33.2 Å². The van der Waals surface area contributed by atoms with Gasteiger partial charge in [0.05, 0.1) is 0 Å². The van der Waals surface area contributed by atoms with Crippen LogP contribution in [-0.4, -0.2) is 19.1 Å². The molecule has 1 rings (SSSR count). The smallest absolute Gasteiger partial charge is 0.0412 e. The van der Waals surface area contributed by atoms with Crippen LogP contribution >= 0.6 is 15.9 Å². The van der Waals surface area contributed by atoms with Gasteiger partial charge in [-0.15, -0.1) is 0 Å². The number of benzene rings is 1. The van der Waals surface area contributed by atoms with Gasteiger partial charge in [0.1, 0.15) is 0 Å². The van der Waals surface area contributed by atoms with E-state index in [1.807, 2.05) is 0 Å². The number of halogens is 1. The van der Waals surface area contributed by atoms with E-state index in [1.54, 1.807) is 0 Å². The van der Waals surface area contributed by atoms with E-state index in [0.29, 0.717) is 12.6 Å². The molecule has 2 N–H and O–H groups in total. The molecule has 0 aromatic heterocycles. The highest BCUT2D eigenvalue weighted by molar-refractivity contribution is 9.10. The van der Waals surface area contributed by atoms with Crippen LogP contribution in [0.4, 0.5) is 5.69 Å². The maximum Gasteiger partial charge on any atom is 0.0412 e. The molecule has 3 heteroatoms. The summed E-state index contributed by atoms with van der Waals surface area (Å²) in [7, 11) is 0. The first-order chi connectivity index (χ1) is 7.60. The van der Waals surface area contributed by atoms with Crippen LogP contribution in [0.2, 0.25) is 0 Å². The average molecular weight is 285 g/mol. The minimum atomic E-state index is 0.510. The van der Waals surface area contributed by atoms with E-state index < -0.39 is 0 Å². The van der Waals surface area contributed by atoms with Crippen LogP contribution in [0.3, 0.4) is 0 Å². The summed E-state index contributed by atoms with van der Waals surface area (Å²) in [6.45, 7) is 8.34. The van der Waals surface area contributed by atoms with Crippen molar-refractivity contribution in [3.8, 4) is 0 Å². The van der Waals surface area contributed by atoms with Crippen LogP contribution < -0.4 is 10.6 Å². The van der Waals surface area contributed by atoms with Crippen LogP contribution in [0.5, 0.6) is 0 Å². The summed E-state index contributed by atoms with van der Waals surface area (Å²) in [4.78, 5) is 2.40. The summed E-state index contributed by atoms with van der Waals surface area (Å²) in [6, 6.07) is 6.95. The second kappa shape index (κ2) is 6.26. The molecule has 0 aliphatic carbocycles. The number of hydrogen-bond donors (Lipinski definition) is 1. The van der Waals surface area contributed by atoms with Gasteiger partial charge in [0.25, 0.3) is 0 Å². The van der Waals surface area contributed by atoms with Crippen molar-refractivity contribution >= 4 is 21.6 Å². The van der Waals surface area contributed by atoms with Crippen molar-refractivity contribution in [3.63, 3.8) is 0 Å². The van der Waals surface area contributed by atoms with Crippen molar-refractivity contribution in [2.24, 2.45) is 5.73 Å². The Hall–Kier alpha value is -0.540. The van der Waals surface area contributed by atoms with Gasteiger partial charge in [-0.1, -0.05) is 22.0 Å². The second-order valence-electron chi connectivity index (χ2n) is 4.19. The molecule has 0 radical (unpaired) electrons. The largest absolute Gasteiger partial charge is 0.369 e. The lowest BCUT2D eigenvalue weighted by molar-refractivity contribution is 0.698. The number of hydrogen-bond acceptors (Lipinski definition) is 2. The predicted molar refractivity (Wildman–Crippen MR) is 75.1 cm³/mol. The summed E-state index contributed by atoms with van der Waals surface area (Å²) in [5, 5.41) is 0. The molecule has 0 fully saturated rings. The molecular weight excluding hydrogens is 264 g/mol. The summed E-state index contributed by atoms with van der Waals surface area (Å²) in [6.07, 6.45) is 0.936. The van der Waals surface area contributed by atoms with Gasteiger partial charge in [-0.2, -0.15) is 0 Å². The maximum absolute atomic E-state index is 5.65. The lowest BCUT2D eigenvalue weighted by atomic mass is 10.1. The molecule has 1 aromatic carbocycles. The van der Waals surface area contributed by atoms with E-state index in [4.69, 9.17) is 5.73 Å².